The molecule has 1 rings (SSSR count). The van der Waals surface area contributed by atoms with Gasteiger partial charge in [0, 0.05) is 12.1 Å². The molecule has 0 radical (unpaired) electrons. The number of hydrogen-bond donors (Lipinski definition) is 0. The van der Waals surface area contributed by atoms with E-state index in [2.05, 4.69) is 37.0 Å². The average molecular weight is 319 g/mol. The van der Waals surface area contributed by atoms with Crippen molar-refractivity contribution < 1.29 is 4.74 Å². The zero-order valence-corrected chi connectivity index (χ0v) is 15.4. The van der Waals surface area contributed by atoms with E-state index in [0.717, 1.165) is 5.75 Å². The Bertz CT molecular complexity index is 372. The van der Waals surface area contributed by atoms with Crippen LogP contribution in [0.15, 0.2) is 24.3 Å². The van der Waals surface area contributed by atoms with E-state index in [9.17, 15) is 0 Å². The van der Waals surface area contributed by atoms with Gasteiger partial charge in [-0.1, -0.05) is 96.1 Å². The van der Waals surface area contributed by atoms with Crippen LogP contribution in [0, 0.1) is 7.11 Å². The Balaban J connectivity index is 1.84. The molecule has 0 atom stereocenters. The Kier molecular flexibility index (Phi) is 12.7. The molecule has 0 spiro atoms. The topological polar surface area (TPSA) is 12.8 Å². The molecular weight excluding hydrogens is 280 g/mol. The van der Waals surface area contributed by atoms with Crippen molar-refractivity contribution in [2.24, 2.45) is 0 Å². The molecule has 0 unspecified atom stereocenters. The second-order valence-corrected chi connectivity index (χ2v) is 6.82. The minimum atomic E-state index is 0.997. The second-order valence-electron chi connectivity index (χ2n) is 6.82. The number of aliphatic hydroxyl groups is 1. The molecule has 0 aromatic heterocycles. The molecule has 1 aromatic rings. The van der Waals surface area contributed by atoms with Gasteiger partial charge in [-0.15, -0.1) is 0 Å². The van der Waals surface area contributed by atoms with Crippen LogP contribution < -0.4 is 0 Å². The van der Waals surface area contributed by atoms with Crippen LogP contribution in [0.5, 0.6) is 5.75 Å². The third-order valence-corrected chi connectivity index (χ3v) is 4.66. The number of ether oxygens (including phenoxy) is 1. The van der Waals surface area contributed by atoms with Crippen molar-refractivity contribution in [3.05, 3.63) is 36.9 Å². The smallest absolute Gasteiger partial charge is 0.226 e. The second kappa shape index (κ2) is 14.6. The Morgan fingerprint density at radius 3 is 1.78 bits per heavy atom. The molecule has 0 aliphatic carbocycles. The molecule has 1 nitrogen and oxygen atoms in total. The summed E-state index contributed by atoms with van der Waals surface area (Å²) in [6.45, 7) is 2.29. The van der Waals surface area contributed by atoms with Crippen molar-refractivity contribution in [3.63, 3.8) is 0 Å². The molecule has 132 valence electrons. The van der Waals surface area contributed by atoms with Gasteiger partial charge < -0.3 is 4.74 Å². The van der Waals surface area contributed by atoms with Gasteiger partial charge in [0.15, 0.2) is 0 Å². The normalized spacial score (nSPS) is 10.9. The first-order valence-electron chi connectivity index (χ1n) is 9.92. The molecule has 0 fully saturated rings. The Labute approximate surface area is 144 Å². The van der Waals surface area contributed by atoms with Crippen LogP contribution in [0.25, 0.3) is 0 Å². The lowest BCUT2D eigenvalue weighted by atomic mass is 10.0. The summed E-state index contributed by atoms with van der Waals surface area (Å²) in [5.41, 5.74) is 1.40. The van der Waals surface area contributed by atoms with E-state index in [4.69, 9.17) is 0 Å². The fourth-order valence-corrected chi connectivity index (χ4v) is 3.16. The zero-order chi connectivity index (χ0) is 16.6. The lowest BCUT2D eigenvalue weighted by Gasteiger charge is -2.06. The maximum absolute atomic E-state index is 4.00. The summed E-state index contributed by atoms with van der Waals surface area (Å²) in [6, 6.07) is 8.46. The van der Waals surface area contributed by atoms with E-state index in [1.165, 1.54) is 95.5 Å². The van der Waals surface area contributed by atoms with Gasteiger partial charge in [-0.25, -0.2) is 0 Å². The van der Waals surface area contributed by atoms with Gasteiger partial charge in [0.25, 0.3) is 0 Å². The molecule has 1 aromatic carbocycles. The molecule has 23 heavy (non-hydrogen) atoms. The fourth-order valence-electron chi connectivity index (χ4n) is 3.16. The zero-order valence-electron chi connectivity index (χ0n) is 15.4. The quantitative estimate of drug-likeness (QED) is 0.182. The minimum Gasteiger partial charge on any atom is -0.722 e. The number of benzene rings is 1. The molecule has 1 N–H and O–H groups in total. The van der Waals surface area contributed by atoms with Crippen LogP contribution in [0.2, 0.25) is 0 Å². The summed E-state index contributed by atoms with van der Waals surface area (Å²) in [5.74, 6) is 0.997. The van der Waals surface area contributed by atoms with Crippen molar-refractivity contribution in [2.75, 3.05) is 0 Å². The summed E-state index contributed by atoms with van der Waals surface area (Å²) in [5, 5.41) is 0. The highest BCUT2D eigenvalue weighted by molar-refractivity contribution is 5.27. The summed E-state index contributed by atoms with van der Waals surface area (Å²) in [7, 11) is 3.59. The van der Waals surface area contributed by atoms with Crippen LogP contribution >= 0.6 is 0 Å². The lowest BCUT2D eigenvalue weighted by molar-refractivity contribution is 0.185. The first kappa shape index (κ1) is 20.1. The Morgan fingerprint density at radius 1 is 0.739 bits per heavy atom. The molecule has 0 aliphatic rings. The van der Waals surface area contributed by atoms with Crippen LogP contribution in [-0.4, -0.2) is 4.74 Å². The molecule has 0 amide bonds. The third kappa shape index (κ3) is 11.2. The van der Waals surface area contributed by atoms with Crippen LogP contribution in [0.3, 0.4) is 0 Å². The van der Waals surface area contributed by atoms with Gasteiger partial charge in [-0.3, -0.25) is 0 Å². The number of aryl methyl sites for hydroxylation is 1. The fraction of sp³-hybridized carbons (Fsp3) is 0.682. The van der Waals surface area contributed by atoms with Gasteiger partial charge in [-0.2, -0.15) is 0 Å². The van der Waals surface area contributed by atoms with Crippen LogP contribution in [0.1, 0.15) is 96.0 Å². The van der Waals surface area contributed by atoms with Crippen LogP contribution in [0.4, 0.5) is 0 Å². The van der Waals surface area contributed by atoms with Crippen molar-refractivity contribution in [1.29, 1.82) is 0 Å². The van der Waals surface area contributed by atoms with E-state index >= 15 is 0 Å². The molecule has 0 saturated carbocycles. The molecule has 0 heterocycles. The molecule has 0 bridgehead atoms. The molecule has 0 saturated heterocycles. The van der Waals surface area contributed by atoms with Crippen molar-refractivity contribution in [3.8, 4) is 5.75 Å². The van der Waals surface area contributed by atoms with Crippen molar-refractivity contribution in [2.45, 2.75) is 96.8 Å². The minimum absolute atomic E-state index is 0.997. The predicted molar refractivity (Wildman–Crippen MR) is 103 cm³/mol. The first-order valence-corrected chi connectivity index (χ1v) is 9.92. The SMILES string of the molecule is [CH2-][OH+]c1cccc(CCCCCCCCCCCCCCC)c1. The van der Waals surface area contributed by atoms with E-state index < -0.39 is 0 Å². The molecule has 0 aliphatic heterocycles. The van der Waals surface area contributed by atoms with E-state index in [-0.39, 0.29) is 0 Å². The third-order valence-electron chi connectivity index (χ3n) is 4.66. The van der Waals surface area contributed by atoms with Crippen molar-refractivity contribution >= 4 is 0 Å². The molecule has 1 heteroatoms. The van der Waals surface area contributed by atoms with Gasteiger partial charge in [0.2, 0.25) is 5.75 Å². The summed E-state index contributed by atoms with van der Waals surface area (Å²) >= 11 is 0. The highest BCUT2D eigenvalue weighted by atomic mass is 16.5. The maximum Gasteiger partial charge on any atom is 0.226 e. The van der Waals surface area contributed by atoms with E-state index in [0.29, 0.717) is 0 Å². The number of aromatic hydroxyl groups is 1. The number of unbranched alkanes of at least 4 members (excludes halogenated alkanes) is 12. The van der Waals surface area contributed by atoms with Crippen LogP contribution in [-0.2, 0) is 6.42 Å². The van der Waals surface area contributed by atoms with E-state index in [1.54, 1.807) is 0 Å². The maximum atomic E-state index is 4.00. The summed E-state index contributed by atoms with van der Waals surface area (Å²) in [6.07, 6.45) is 19.6. The number of hydrogen-bond acceptors (Lipinski definition) is 0. The standard InChI is InChI=1S/C22H38O/c1-3-4-5-6-7-8-9-10-11-12-13-14-15-17-21-18-16-19-22(20-21)23-2/h16,18-20,23H,2-15,17H2,1H3. The highest BCUT2D eigenvalue weighted by Gasteiger charge is 1.98. The first-order chi connectivity index (χ1) is 11.4. The summed E-state index contributed by atoms with van der Waals surface area (Å²) in [4.78, 5) is 0. The largest absolute Gasteiger partial charge is 0.722 e. The van der Waals surface area contributed by atoms with Gasteiger partial charge >= 0.3 is 0 Å². The Hall–Kier alpha value is -0.980. The van der Waals surface area contributed by atoms with Crippen molar-refractivity contribution in [1.82, 2.24) is 0 Å². The number of rotatable bonds is 15. The van der Waals surface area contributed by atoms with Gasteiger partial charge in [-0.05, 0) is 25.5 Å². The summed E-state index contributed by atoms with van der Waals surface area (Å²) < 4.78 is 4.00. The lowest BCUT2D eigenvalue weighted by Crippen LogP contribution is -1.87. The average Bonchev–Trinajstić information content (AvgIpc) is 2.59. The Morgan fingerprint density at radius 2 is 1.26 bits per heavy atom. The highest BCUT2D eigenvalue weighted by Crippen LogP contribution is 2.17. The van der Waals surface area contributed by atoms with Gasteiger partial charge in [0.1, 0.15) is 0 Å². The predicted octanol–water partition coefficient (Wildman–Crippen LogP) is 7.35. The molecular formula is C22H38O. The van der Waals surface area contributed by atoms with E-state index in [1.807, 2.05) is 6.07 Å². The monoisotopic (exact) mass is 318 g/mol. The van der Waals surface area contributed by atoms with Gasteiger partial charge in [0.05, 0.1) is 0 Å².